The van der Waals surface area contributed by atoms with Gasteiger partial charge < -0.3 is 9.67 Å². The molecule has 17 heavy (non-hydrogen) atoms. The molecule has 2 heterocycles. The van der Waals surface area contributed by atoms with E-state index in [2.05, 4.69) is 16.5 Å². The largest absolute Gasteiger partial charge is 0.481 e. The molecule has 5 heteroatoms. The summed E-state index contributed by atoms with van der Waals surface area (Å²) in [5.74, 6) is -0.0869. The lowest BCUT2D eigenvalue weighted by atomic mass is 10.3. The van der Waals surface area contributed by atoms with E-state index in [1.807, 2.05) is 16.7 Å². The van der Waals surface area contributed by atoms with E-state index in [1.165, 1.54) is 0 Å². The average Bonchev–Trinajstić information content (AvgIpc) is 2.66. The van der Waals surface area contributed by atoms with Crippen molar-refractivity contribution in [2.45, 2.75) is 19.4 Å². The summed E-state index contributed by atoms with van der Waals surface area (Å²) < 4.78 is 1.89. The lowest BCUT2D eigenvalue weighted by Crippen LogP contribution is -2.06. The van der Waals surface area contributed by atoms with Crippen molar-refractivity contribution in [3.8, 4) is 0 Å². The molecule has 88 valence electrons. The molecule has 0 aliphatic heterocycles. The van der Waals surface area contributed by atoms with Crippen molar-refractivity contribution < 1.29 is 9.90 Å². The Kier molecular flexibility index (Phi) is 3.18. The predicted octanol–water partition coefficient (Wildman–Crippen LogP) is 1.63. The molecule has 0 bridgehead atoms. The van der Waals surface area contributed by atoms with Crippen molar-refractivity contribution in [3.05, 3.63) is 36.8 Å². The van der Waals surface area contributed by atoms with Crippen LogP contribution < -0.4 is 0 Å². The Hall–Kier alpha value is -2.17. The summed E-state index contributed by atoms with van der Waals surface area (Å²) in [6.07, 6.45) is 3.92. The van der Waals surface area contributed by atoms with Crippen LogP contribution in [-0.2, 0) is 17.8 Å². The molecule has 0 spiro atoms. The summed E-state index contributed by atoms with van der Waals surface area (Å²) in [5, 5.41) is 8.70. The van der Waals surface area contributed by atoms with Gasteiger partial charge in [0.1, 0.15) is 11.3 Å². The molecule has 1 N–H and O–H groups in total. The van der Waals surface area contributed by atoms with Gasteiger partial charge in [0.25, 0.3) is 0 Å². The van der Waals surface area contributed by atoms with E-state index < -0.39 is 5.97 Å². The highest BCUT2D eigenvalue weighted by Crippen LogP contribution is 2.14. The zero-order valence-corrected chi connectivity index (χ0v) is 9.33. The van der Waals surface area contributed by atoms with Gasteiger partial charge in [0.15, 0.2) is 5.65 Å². The van der Waals surface area contributed by atoms with Crippen LogP contribution in [0.25, 0.3) is 11.2 Å². The van der Waals surface area contributed by atoms with Crippen molar-refractivity contribution in [1.82, 2.24) is 14.5 Å². The van der Waals surface area contributed by atoms with E-state index in [-0.39, 0.29) is 6.42 Å². The van der Waals surface area contributed by atoms with Crippen LogP contribution in [0.2, 0.25) is 0 Å². The van der Waals surface area contributed by atoms with Gasteiger partial charge in [-0.05, 0) is 12.1 Å². The van der Waals surface area contributed by atoms with Gasteiger partial charge in [-0.25, -0.2) is 9.97 Å². The monoisotopic (exact) mass is 231 g/mol. The van der Waals surface area contributed by atoms with Crippen molar-refractivity contribution in [1.29, 1.82) is 0 Å². The topological polar surface area (TPSA) is 68.0 Å². The van der Waals surface area contributed by atoms with Crippen molar-refractivity contribution in [3.63, 3.8) is 0 Å². The van der Waals surface area contributed by atoms with Crippen LogP contribution in [0.1, 0.15) is 12.2 Å². The van der Waals surface area contributed by atoms with Crippen LogP contribution >= 0.6 is 0 Å². The summed E-state index contributed by atoms with van der Waals surface area (Å²) in [4.78, 5) is 19.2. The summed E-state index contributed by atoms with van der Waals surface area (Å²) in [6, 6.07) is 3.68. The Labute approximate surface area is 98.4 Å². The Morgan fingerprint density at radius 3 is 3.12 bits per heavy atom. The quantitative estimate of drug-likeness (QED) is 0.794. The molecule has 0 amide bonds. The van der Waals surface area contributed by atoms with Crippen LogP contribution in [0.4, 0.5) is 0 Å². The molecular weight excluding hydrogens is 218 g/mol. The minimum Gasteiger partial charge on any atom is -0.481 e. The smallest absolute Gasteiger partial charge is 0.303 e. The number of aryl methyl sites for hydroxylation is 1. The van der Waals surface area contributed by atoms with Crippen LogP contribution in [0.15, 0.2) is 31.0 Å². The van der Waals surface area contributed by atoms with Gasteiger partial charge >= 0.3 is 5.97 Å². The van der Waals surface area contributed by atoms with Gasteiger partial charge in [-0.1, -0.05) is 6.08 Å². The fourth-order valence-electron chi connectivity index (χ4n) is 1.74. The summed E-state index contributed by atoms with van der Waals surface area (Å²) in [6.45, 7) is 4.27. The standard InChI is InChI=1S/C12H13N3O2/c1-2-8-15-10(5-6-11(16)17)14-9-4-3-7-13-12(9)15/h2-4,7H,1,5-6,8H2,(H,16,17). The number of aliphatic carboxylic acids is 1. The maximum absolute atomic E-state index is 10.6. The highest BCUT2D eigenvalue weighted by molar-refractivity contribution is 5.72. The molecular formula is C12H13N3O2. The number of carboxylic acids is 1. The third-order valence-corrected chi connectivity index (χ3v) is 2.46. The number of hydrogen-bond donors (Lipinski definition) is 1. The number of carbonyl (C=O) groups is 1. The van der Waals surface area contributed by atoms with Crippen LogP contribution in [0, 0.1) is 0 Å². The van der Waals surface area contributed by atoms with E-state index in [0.717, 1.165) is 17.0 Å². The molecule has 0 saturated carbocycles. The van der Waals surface area contributed by atoms with E-state index in [0.29, 0.717) is 13.0 Å². The van der Waals surface area contributed by atoms with E-state index in [4.69, 9.17) is 5.11 Å². The first-order valence-electron chi connectivity index (χ1n) is 5.35. The second-order valence-electron chi connectivity index (χ2n) is 3.67. The van der Waals surface area contributed by atoms with Gasteiger partial charge in [-0.2, -0.15) is 0 Å². The molecule has 0 atom stereocenters. The Morgan fingerprint density at radius 1 is 1.59 bits per heavy atom. The maximum Gasteiger partial charge on any atom is 0.303 e. The number of imidazole rings is 1. The first-order valence-corrected chi connectivity index (χ1v) is 5.35. The van der Waals surface area contributed by atoms with E-state index in [9.17, 15) is 4.79 Å². The highest BCUT2D eigenvalue weighted by atomic mass is 16.4. The third-order valence-electron chi connectivity index (χ3n) is 2.46. The minimum atomic E-state index is -0.824. The van der Waals surface area contributed by atoms with Gasteiger partial charge in [-0.3, -0.25) is 4.79 Å². The van der Waals surface area contributed by atoms with Gasteiger partial charge in [0.05, 0.1) is 6.42 Å². The molecule has 2 aromatic rings. The second-order valence-corrected chi connectivity index (χ2v) is 3.67. The first-order chi connectivity index (χ1) is 8.22. The lowest BCUT2D eigenvalue weighted by Gasteiger charge is -2.03. The van der Waals surface area contributed by atoms with Gasteiger partial charge in [0, 0.05) is 19.2 Å². The Bertz CT molecular complexity index is 560. The normalized spacial score (nSPS) is 10.6. The zero-order chi connectivity index (χ0) is 12.3. The Morgan fingerprint density at radius 2 is 2.41 bits per heavy atom. The van der Waals surface area contributed by atoms with E-state index in [1.54, 1.807) is 12.3 Å². The number of allylic oxidation sites excluding steroid dienone is 1. The molecule has 0 aromatic carbocycles. The number of pyridine rings is 1. The number of aromatic nitrogens is 3. The van der Waals surface area contributed by atoms with Crippen molar-refractivity contribution >= 4 is 17.1 Å². The van der Waals surface area contributed by atoms with Gasteiger partial charge in [-0.15, -0.1) is 6.58 Å². The van der Waals surface area contributed by atoms with Crippen LogP contribution in [0.5, 0.6) is 0 Å². The molecule has 2 aromatic heterocycles. The van der Waals surface area contributed by atoms with Gasteiger partial charge in [0.2, 0.25) is 0 Å². The minimum absolute atomic E-state index is 0.0699. The first kappa shape index (κ1) is 11.3. The molecule has 0 aliphatic carbocycles. The van der Waals surface area contributed by atoms with Crippen LogP contribution in [-0.4, -0.2) is 25.6 Å². The molecule has 0 unspecified atom stereocenters. The van der Waals surface area contributed by atoms with Crippen LogP contribution in [0.3, 0.4) is 0 Å². The molecule has 5 nitrogen and oxygen atoms in total. The van der Waals surface area contributed by atoms with Crippen molar-refractivity contribution in [2.24, 2.45) is 0 Å². The number of fused-ring (bicyclic) bond motifs is 1. The number of hydrogen-bond acceptors (Lipinski definition) is 3. The lowest BCUT2D eigenvalue weighted by molar-refractivity contribution is -0.137. The number of nitrogens with zero attached hydrogens (tertiary/aromatic N) is 3. The number of carboxylic acid groups (broad SMARTS) is 1. The third kappa shape index (κ3) is 2.33. The fourth-order valence-corrected chi connectivity index (χ4v) is 1.74. The average molecular weight is 231 g/mol. The summed E-state index contributed by atoms with van der Waals surface area (Å²) >= 11 is 0. The summed E-state index contributed by atoms with van der Waals surface area (Å²) in [7, 11) is 0. The van der Waals surface area contributed by atoms with E-state index >= 15 is 0 Å². The second kappa shape index (κ2) is 4.78. The highest BCUT2D eigenvalue weighted by Gasteiger charge is 2.11. The zero-order valence-electron chi connectivity index (χ0n) is 9.33. The molecule has 0 aliphatic rings. The molecule has 0 fully saturated rings. The SMILES string of the molecule is C=CCn1c(CCC(=O)O)nc2cccnc21. The molecule has 0 radical (unpaired) electrons. The summed E-state index contributed by atoms with van der Waals surface area (Å²) in [5.41, 5.74) is 1.56. The molecule has 2 rings (SSSR count). The Balaban J connectivity index is 2.41. The molecule has 0 saturated heterocycles. The number of rotatable bonds is 5. The van der Waals surface area contributed by atoms with Crippen molar-refractivity contribution in [2.75, 3.05) is 0 Å². The predicted molar refractivity (Wildman–Crippen MR) is 63.7 cm³/mol. The fraction of sp³-hybridized carbons (Fsp3) is 0.250. The maximum atomic E-state index is 10.6.